The maximum Gasteiger partial charge on any atom is 0.217 e. The van der Waals surface area contributed by atoms with Gasteiger partial charge in [-0.3, -0.25) is 0 Å². The number of methoxy groups -OCH3 is 1. The Labute approximate surface area is 90.5 Å². The first-order chi connectivity index (χ1) is 5.25. The number of pyridine rings is 1. The van der Waals surface area contributed by atoms with E-state index in [0.29, 0.717) is 5.88 Å². The van der Waals surface area contributed by atoms with Crippen LogP contribution in [0.4, 0.5) is 0 Å². The zero-order valence-electron chi connectivity index (χ0n) is 7.56. The van der Waals surface area contributed by atoms with Crippen molar-refractivity contribution in [1.29, 1.82) is 0 Å². The number of aromatic nitrogens is 1. The Balaban J connectivity index is 0. The molecule has 1 atom stereocenters. The number of rotatable bonds is 2. The third-order valence-corrected chi connectivity index (χ3v) is 1.48. The van der Waals surface area contributed by atoms with Gasteiger partial charge >= 0.3 is 0 Å². The molecule has 2 N–H and O–H groups in total. The fourth-order valence-electron chi connectivity index (χ4n) is 0.920. The average molecular weight is 225 g/mol. The first-order valence-corrected chi connectivity index (χ1v) is 3.50. The SMILES string of the molecule is COc1ncccc1C(C)N.Cl.Cl. The van der Waals surface area contributed by atoms with Crippen LogP contribution in [-0.4, -0.2) is 12.1 Å². The summed E-state index contributed by atoms with van der Waals surface area (Å²) in [7, 11) is 1.59. The van der Waals surface area contributed by atoms with Crippen LogP contribution in [-0.2, 0) is 0 Å². The van der Waals surface area contributed by atoms with Crippen molar-refractivity contribution in [2.45, 2.75) is 13.0 Å². The molecule has 1 heterocycles. The highest BCUT2D eigenvalue weighted by molar-refractivity contribution is 5.85. The van der Waals surface area contributed by atoms with Crippen LogP contribution >= 0.6 is 24.8 Å². The Hall–Kier alpha value is -0.510. The van der Waals surface area contributed by atoms with Gasteiger partial charge < -0.3 is 10.5 Å². The Morgan fingerprint density at radius 2 is 2.08 bits per heavy atom. The number of halogens is 2. The van der Waals surface area contributed by atoms with Crippen molar-refractivity contribution in [1.82, 2.24) is 4.98 Å². The maximum atomic E-state index is 5.67. The molecule has 0 aliphatic rings. The van der Waals surface area contributed by atoms with E-state index in [0.717, 1.165) is 5.56 Å². The van der Waals surface area contributed by atoms with E-state index in [1.54, 1.807) is 13.3 Å². The summed E-state index contributed by atoms with van der Waals surface area (Å²) >= 11 is 0. The minimum Gasteiger partial charge on any atom is -0.481 e. The van der Waals surface area contributed by atoms with Crippen LogP contribution in [0.5, 0.6) is 5.88 Å². The van der Waals surface area contributed by atoms with Crippen molar-refractivity contribution in [2.75, 3.05) is 7.11 Å². The van der Waals surface area contributed by atoms with Gasteiger partial charge in [0.05, 0.1) is 7.11 Å². The lowest BCUT2D eigenvalue weighted by Crippen LogP contribution is -2.07. The summed E-state index contributed by atoms with van der Waals surface area (Å²) in [5.74, 6) is 0.613. The molecule has 0 saturated heterocycles. The molecule has 0 saturated carbocycles. The van der Waals surface area contributed by atoms with Crippen molar-refractivity contribution in [3.8, 4) is 5.88 Å². The molecule has 0 aromatic carbocycles. The number of hydrogen-bond donors (Lipinski definition) is 1. The van der Waals surface area contributed by atoms with Gasteiger partial charge in [-0.2, -0.15) is 0 Å². The van der Waals surface area contributed by atoms with Crippen LogP contribution < -0.4 is 10.5 Å². The quantitative estimate of drug-likeness (QED) is 0.836. The normalized spacial score (nSPS) is 10.7. The Morgan fingerprint density at radius 1 is 1.46 bits per heavy atom. The van der Waals surface area contributed by atoms with Crippen molar-refractivity contribution >= 4 is 24.8 Å². The summed E-state index contributed by atoms with van der Waals surface area (Å²) in [6, 6.07) is 3.73. The maximum absolute atomic E-state index is 5.67. The lowest BCUT2D eigenvalue weighted by atomic mass is 10.1. The molecule has 1 aromatic heterocycles. The molecule has 3 nitrogen and oxygen atoms in total. The minimum atomic E-state index is -0.0290. The molecule has 5 heteroatoms. The van der Waals surface area contributed by atoms with Gasteiger partial charge in [-0.15, -0.1) is 24.8 Å². The number of hydrogen-bond acceptors (Lipinski definition) is 3. The molecule has 13 heavy (non-hydrogen) atoms. The van der Waals surface area contributed by atoms with E-state index in [-0.39, 0.29) is 30.9 Å². The van der Waals surface area contributed by atoms with Gasteiger partial charge in [0.25, 0.3) is 0 Å². The van der Waals surface area contributed by atoms with E-state index in [9.17, 15) is 0 Å². The van der Waals surface area contributed by atoms with Crippen molar-refractivity contribution < 1.29 is 4.74 Å². The van der Waals surface area contributed by atoms with Gasteiger partial charge in [-0.05, 0) is 13.0 Å². The second-order valence-corrected chi connectivity index (χ2v) is 2.39. The molecule has 0 radical (unpaired) electrons. The molecular weight excluding hydrogens is 211 g/mol. The van der Waals surface area contributed by atoms with E-state index in [1.807, 2.05) is 19.1 Å². The molecule has 1 aromatic rings. The highest BCUT2D eigenvalue weighted by atomic mass is 35.5. The van der Waals surface area contributed by atoms with Crippen LogP contribution in [0.2, 0.25) is 0 Å². The smallest absolute Gasteiger partial charge is 0.217 e. The molecule has 0 aliphatic heterocycles. The summed E-state index contributed by atoms with van der Waals surface area (Å²) in [6.07, 6.45) is 1.69. The second-order valence-electron chi connectivity index (χ2n) is 2.39. The standard InChI is InChI=1S/C8H12N2O.2ClH/c1-6(9)7-4-3-5-10-8(7)11-2;;/h3-6H,9H2,1-2H3;2*1H. The summed E-state index contributed by atoms with van der Waals surface area (Å²) in [4.78, 5) is 4.02. The molecule has 0 amide bonds. The van der Waals surface area contributed by atoms with E-state index < -0.39 is 0 Å². The van der Waals surface area contributed by atoms with Gasteiger partial charge in [-0.25, -0.2) is 4.98 Å². The Morgan fingerprint density at radius 3 is 2.46 bits per heavy atom. The van der Waals surface area contributed by atoms with E-state index in [1.165, 1.54) is 0 Å². The van der Waals surface area contributed by atoms with E-state index in [2.05, 4.69) is 4.98 Å². The molecule has 0 fully saturated rings. The predicted octanol–water partition coefficient (Wildman–Crippen LogP) is 1.95. The number of nitrogens with two attached hydrogens (primary N) is 1. The highest BCUT2D eigenvalue weighted by Crippen LogP contribution is 2.19. The monoisotopic (exact) mass is 224 g/mol. The third kappa shape index (κ3) is 3.81. The van der Waals surface area contributed by atoms with Gasteiger partial charge in [0.1, 0.15) is 0 Å². The fourth-order valence-corrected chi connectivity index (χ4v) is 0.920. The topological polar surface area (TPSA) is 48.1 Å². The van der Waals surface area contributed by atoms with Crippen molar-refractivity contribution in [3.63, 3.8) is 0 Å². The summed E-state index contributed by atoms with van der Waals surface area (Å²) < 4.78 is 5.02. The van der Waals surface area contributed by atoms with E-state index in [4.69, 9.17) is 10.5 Å². The van der Waals surface area contributed by atoms with Gasteiger partial charge in [0.15, 0.2) is 0 Å². The second kappa shape index (κ2) is 6.95. The molecule has 1 rings (SSSR count). The fraction of sp³-hybridized carbons (Fsp3) is 0.375. The van der Waals surface area contributed by atoms with Crippen molar-refractivity contribution in [3.05, 3.63) is 23.9 Å². The predicted molar refractivity (Wildman–Crippen MR) is 57.9 cm³/mol. The van der Waals surface area contributed by atoms with Crippen molar-refractivity contribution in [2.24, 2.45) is 5.73 Å². The lowest BCUT2D eigenvalue weighted by molar-refractivity contribution is 0.389. The zero-order chi connectivity index (χ0) is 8.27. The number of nitrogens with zero attached hydrogens (tertiary/aromatic N) is 1. The van der Waals surface area contributed by atoms with Crippen LogP contribution in [0.25, 0.3) is 0 Å². The first kappa shape index (κ1) is 15.0. The van der Waals surface area contributed by atoms with Crippen LogP contribution in [0.15, 0.2) is 18.3 Å². The van der Waals surface area contributed by atoms with Gasteiger partial charge in [0.2, 0.25) is 5.88 Å². The molecule has 76 valence electrons. The van der Waals surface area contributed by atoms with Crippen LogP contribution in [0, 0.1) is 0 Å². The third-order valence-electron chi connectivity index (χ3n) is 1.48. The summed E-state index contributed by atoms with van der Waals surface area (Å²) in [5, 5.41) is 0. The Bertz CT molecular complexity index is 243. The van der Waals surface area contributed by atoms with Crippen LogP contribution in [0.1, 0.15) is 18.5 Å². The molecule has 0 aliphatic carbocycles. The lowest BCUT2D eigenvalue weighted by Gasteiger charge is -2.08. The molecule has 0 spiro atoms. The average Bonchev–Trinajstić information content (AvgIpc) is 2.04. The highest BCUT2D eigenvalue weighted by Gasteiger charge is 2.05. The largest absolute Gasteiger partial charge is 0.481 e. The van der Waals surface area contributed by atoms with Crippen LogP contribution in [0.3, 0.4) is 0 Å². The zero-order valence-corrected chi connectivity index (χ0v) is 9.19. The number of ether oxygens (including phenoxy) is 1. The van der Waals surface area contributed by atoms with E-state index >= 15 is 0 Å². The summed E-state index contributed by atoms with van der Waals surface area (Å²) in [5.41, 5.74) is 6.61. The van der Waals surface area contributed by atoms with Gasteiger partial charge in [-0.1, -0.05) is 6.07 Å². The van der Waals surface area contributed by atoms with Gasteiger partial charge in [0, 0.05) is 17.8 Å². The first-order valence-electron chi connectivity index (χ1n) is 3.50. The Kier molecular flexibility index (Phi) is 8.01. The summed E-state index contributed by atoms with van der Waals surface area (Å²) in [6.45, 7) is 1.90. The molecular formula is C8H14Cl2N2O. The molecule has 0 bridgehead atoms. The molecule has 1 unspecified atom stereocenters. The minimum absolute atomic E-state index is 0.